The van der Waals surface area contributed by atoms with Crippen molar-refractivity contribution >= 4 is 9.76 Å². The van der Waals surface area contributed by atoms with Gasteiger partial charge in [-0.25, -0.2) is 0 Å². The monoisotopic (exact) mass is 172 g/mol. The highest BCUT2D eigenvalue weighted by Gasteiger charge is 2.13. The van der Waals surface area contributed by atoms with Crippen LogP contribution in [0.15, 0.2) is 0 Å². The van der Waals surface area contributed by atoms with Crippen molar-refractivity contribution in [3.05, 3.63) is 0 Å². The van der Waals surface area contributed by atoms with E-state index in [1.165, 1.54) is 32.1 Å². The summed E-state index contributed by atoms with van der Waals surface area (Å²) >= 11 is 0. The van der Waals surface area contributed by atoms with Gasteiger partial charge in [-0.15, -0.1) is 0 Å². The van der Waals surface area contributed by atoms with E-state index in [2.05, 4.69) is 13.8 Å². The second kappa shape index (κ2) is 4.94. The molecule has 0 aromatic carbocycles. The maximum absolute atomic E-state index is 5.88. The first-order valence-electron chi connectivity index (χ1n) is 4.90. The van der Waals surface area contributed by atoms with Crippen molar-refractivity contribution in [2.75, 3.05) is 0 Å². The molecule has 0 unspecified atom stereocenters. The third-order valence-corrected chi connectivity index (χ3v) is 3.55. The van der Waals surface area contributed by atoms with Gasteiger partial charge in [0.15, 0.2) is 9.76 Å². The van der Waals surface area contributed by atoms with Gasteiger partial charge in [-0.2, -0.15) is 0 Å². The molecule has 2 heteroatoms. The van der Waals surface area contributed by atoms with Gasteiger partial charge in [0.25, 0.3) is 0 Å². The van der Waals surface area contributed by atoms with Crippen molar-refractivity contribution in [2.45, 2.75) is 57.6 Å². The van der Waals surface area contributed by atoms with Crippen molar-refractivity contribution in [2.24, 2.45) is 0 Å². The van der Waals surface area contributed by atoms with Crippen molar-refractivity contribution < 1.29 is 4.43 Å². The fourth-order valence-electron chi connectivity index (χ4n) is 1.56. The Balaban J connectivity index is 2.05. The molecule has 0 bridgehead atoms. The summed E-state index contributed by atoms with van der Waals surface area (Å²) in [6, 6.07) is 0. The van der Waals surface area contributed by atoms with Crippen molar-refractivity contribution in [3.63, 3.8) is 0 Å². The van der Waals surface area contributed by atoms with E-state index in [1.54, 1.807) is 0 Å². The van der Waals surface area contributed by atoms with Crippen molar-refractivity contribution in [3.8, 4) is 0 Å². The Kier molecular flexibility index (Phi) is 4.16. The van der Waals surface area contributed by atoms with E-state index in [-0.39, 0.29) is 9.76 Å². The molecule has 0 radical (unpaired) electrons. The molecular weight excluding hydrogens is 152 g/mol. The smallest absolute Gasteiger partial charge is 0.164 e. The molecule has 0 atom stereocenters. The third-order valence-electron chi connectivity index (χ3n) is 2.22. The maximum Gasteiger partial charge on any atom is 0.164 e. The van der Waals surface area contributed by atoms with Gasteiger partial charge in [-0.3, -0.25) is 0 Å². The lowest BCUT2D eigenvalue weighted by Gasteiger charge is -2.23. The highest BCUT2D eigenvalue weighted by Crippen LogP contribution is 2.20. The Hall–Kier alpha value is 0.177. The highest BCUT2D eigenvalue weighted by atomic mass is 28.2. The quantitative estimate of drug-likeness (QED) is 0.593. The Bertz CT molecular complexity index is 97.7. The Morgan fingerprint density at radius 2 is 1.82 bits per heavy atom. The molecule has 0 N–H and O–H groups in total. The Morgan fingerprint density at radius 1 is 1.18 bits per heavy atom. The Labute approximate surface area is 72.5 Å². The summed E-state index contributed by atoms with van der Waals surface area (Å²) in [7, 11) is -0.199. The van der Waals surface area contributed by atoms with Gasteiger partial charge in [-0.05, 0) is 18.4 Å². The van der Waals surface area contributed by atoms with Crippen LogP contribution >= 0.6 is 0 Å². The zero-order chi connectivity index (χ0) is 8.10. The molecule has 1 nitrogen and oxygen atoms in total. The third kappa shape index (κ3) is 3.92. The lowest BCUT2D eigenvalue weighted by Crippen LogP contribution is -2.19. The summed E-state index contributed by atoms with van der Waals surface area (Å²) in [5, 5.41) is 0. The maximum atomic E-state index is 5.88. The molecule has 0 aliphatic heterocycles. The van der Waals surface area contributed by atoms with E-state index in [0.717, 1.165) is 5.54 Å². The highest BCUT2D eigenvalue weighted by molar-refractivity contribution is 6.29. The van der Waals surface area contributed by atoms with Gasteiger partial charge in [0.1, 0.15) is 0 Å². The molecule has 0 spiro atoms. The lowest BCUT2D eigenvalue weighted by molar-refractivity contribution is 0.160. The zero-order valence-electron chi connectivity index (χ0n) is 7.81. The van der Waals surface area contributed by atoms with Crippen LogP contribution in [0.5, 0.6) is 0 Å². The molecule has 0 aromatic rings. The second-order valence-corrected chi connectivity index (χ2v) is 6.29. The van der Waals surface area contributed by atoms with E-state index >= 15 is 0 Å². The van der Waals surface area contributed by atoms with E-state index in [9.17, 15) is 0 Å². The standard InChI is InChI=1S/C9H20OSi/c1-8(2)11-10-9-6-4-3-5-7-9/h8-9H,3-7,11H2,1-2H3. The van der Waals surface area contributed by atoms with E-state index in [0.29, 0.717) is 6.10 Å². The summed E-state index contributed by atoms with van der Waals surface area (Å²) in [5.41, 5.74) is 0.830. The SMILES string of the molecule is CC(C)[SiH2]OC1CCCCC1. The molecule has 0 aromatic heterocycles. The van der Waals surface area contributed by atoms with E-state index in [1.807, 2.05) is 0 Å². The average molecular weight is 172 g/mol. The van der Waals surface area contributed by atoms with Gasteiger partial charge >= 0.3 is 0 Å². The van der Waals surface area contributed by atoms with Gasteiger partial charge in [0, 0.05) is 6.10 Å². The van der Waals surface area contributed by atoms with Crippen LogP contribution in [0.3, 0.4) is 0 Å². The minimum atomic E-state index is -0.199. The largest absolute Gasteiger partial charge is 0.421 e. The van der Waals surface area contributed by atoms with Crippen molar-refractivity contribution in [1.29, 1.82) is 0 Å². The molecule has 0 saturated heterocycles. The van der Waals surface area contributed by atoms with Crippen LogP contribution in [0.25, 0.3) is 0 Å². The number of rotatable bonds is 3. The number of hydrogen-bond acceptors (Lipinski definition) is 1. The molecule has 1 fully saturated rings. The predicted octanol–water partition coefficient (Wildman–Crippen LogP) is 2.25. The number of hydrogen-bond donors (Lipinski definition) is 0. The summed E-state index contributed by atoms with van der Waals surface area (Å²) in [4.78, 5) is 0. The van der Waals surface area contributed by atoms with E-state index < -0.39 is 0 Å². The first-order valence-corrected chi connectivity index (χ1v) is 6.30. The van der Waals surface area contributed by atoms with E-state index in [4.69, 9.17) is 4.43 Å². The van der Waals surface area contributed by atoms with Crippen LogP contribution in [0.1, 0.15) is 46.0 Å². The first-order chi connectivity index (χ1) is 5.29. The summed E-state index contributed by atoms with van der Waals surface area (Å²) < 4.78 is 5.88. The Morgan fingerprint density at radius 3 is 2.36 bits per heavy atom. The molecule has 66 valence electrons. The molecule has 1 aliphatic rings. The molecule has 1 saturated carbocycles. The lowest BCUT2D eigenvalue weighted by atomic mass is 9.98. The van der Waals surface area contributed by atoms with Crippen LogP contribution in [0.2, 0.25) is 5.54 Å². The van der Waals surface area contributed by atoms with Crippen LogP contribution in [-0.2, 0) is 4.43 Å². The summed E-state index contributed by atoms with van der Waals surface area (Å²) in [6.07, 6.45) is 7.55. The minimum absolute atomic E-state index is 0.199. The van der Waals surface area contributed by atoms with Gasteiger partial charge in [0.05, 0.1) is 0 Å². The fourth-order valence-corrected chi connectivity index (χ4v) is 2.55. The molecular formula is C9H20OSi. The van der Waals surface area contributed by atoms with Crippen LogP contribution < -0.4 is 0 Å². The second-order valence-electron chi connectivity index (χ2n) is 3.99. The average Bonchev–Trinajstić information content (AvgIpc) is 2.03. The normalized spacial score (nSPS) is 22.1. The van der Waals surface area contributed by atoms with Crippen LogP contribution in [0, 0.1) is 0 Å². The molecule has 0 heterocycles. The summed E-state index contributed by atoms with van der Waals surface area (Å²) in [5.74, 6) is 0. The predicted molar refractivity (Wildman–Crippen MR) is 51.6 cm³/mol. The van der Waals surface area contributed by atoms with Crippen LogP contribution in [-0.4, -0.2) is 15.9 Å². The first kappa shape index (κ1) is 9.27. The fraction of sp³-hybridized carbons (Fsp3) is 1.00. The minimum Gasteiger partial charge on any atom is -0.421 e. The van der Waals surface area contributed by atoms with Gasteiger partial charge in [0.2, 0.25) is 0 Å². The molecule has 11 heavy (non-hydrogen) atoms. The van der Waals surface area contributed by atoms with Gasteiger partial charge in [-0.1, -0.05) is 33.1 Å². The molecule has 1 aliphatic carbocycles. The zero-order valence-corrected chi connectivity index (χ0v) is 9.22. The molecule has 0 amide bonds. The summed E-state index contributed by atoms with van der Waals surface area (Å²) in [6.45, 7) is 4.55. The van der Waals surface area contributed by atoms with Gasteiger partial charge < -0.3 is 4.43 Å². The van der Waals surface area contributed by atoms with Crippen LogP contribution in [0.4, 0.5) is 0 Å². The molecule has 1 rings (SSSR count). The van der Waals surface area contributed by atoms with Crippen molar-refractivity contribution in [1.82, 2.24) is 0 Å². The topological polar surface area (TPSA) is 9.23 Å².